The average molecular weight is 273 g/mol. The van der Waals surface area contributed by atoms with Gasteiger partial charge in [0.2, 0.25) is 0 Å². The zero-order valence-corrected chi connectivity index (χ0v) is 10.9. The van der Waals surface area contributed by atoms with Crippen molar-refractivity contribution in [3.05, 3.63) is 29.6 Å². The molecule has 0 unspecified atom stereocenters. The van der Waals surface area contributed by atoms with E-state index in [2.05, 4.69) is 22.2 Å². The molecule has 1 N–H and O–H groups in total. The van der Waals surface area contributed by atoms with Crippen molar-refractivity contribution >= 4 is 5.69 Å². The maximum atomic E-state index is 13.4. The molecule has 0 radical (unpaired) electrons. The fourth-order valence-corrected chi connectivity index (χ4v) is 2.08. The second-order valence-corrected chi connectivity index (χ2v) is 4.79. The van der Waals surface area contributed by atoms with E-state index in [4.69, 9.17) is 0 Å². The first-order valence-electron chi connectivity index (χ1n) is 6.36. The summed E-state index contributed by atoms with van der Waals surface area (Å²) in [6.45, 7) is 5.23. The fourth-order valence-electron chi connectivity index (χ4n) is 2.08. The molecule has 0 amide bonds. The molecule has 1 fully saturated rings. The Morgan fingerprint density at radius 3 is 2.42 bits per heavy atom. The van der Waals surface area contributed by atoms with E-state index in [-0.39, 0.29) is 5.69 Å². The van der Waals surface area contributed by atoms with Crippen LogP contribution in [0.1, 0.15) is 0 Å². The molecule has 0 aromatic heterocycles. The SMILES string of the molecule is CN1CCN(CCNc2ccc(F)c(F)c2F)CC1. The zero-order chi connectivity index (χ0) is 13.8. The molecule has 1 aliphatic heterocycles. The molecule has 0 bridgehead atoms. The molecule has 6 heteroatoms. The Balaban J connectivity index is 1.81. The molecule has 0 saturated carbocycles. The number of piperazine rings is 1. The van der Waals surface area contributed by atoms with Crippen LogP contribution in [-0.4, -0.2) is 56.1 Å². The van der Waals surface area contributed by atoms with Gasteiger partial charge in [-0.05, 0) is 19.2 Å². The van der Waals surface area contributed by atoms with E-state index in [1.54, 1.807) is 0 Å². The van der Waals surface area contributed by atoms with Crippen LogP contribution in [0.15, 0.2) is 12.1 Å². The molecule has 106 valence electrons. The summed E-state index contributed by atoms with van der Waals surface area (Å²) in [6.07, 6.45) is 0. The van der Waals surface area contributed by atoms with Gasteiger partial charge in [0.1, 0.15) is 0 Å². The Hall–Kier alpha value is -1.27. The topological polar surface area (TPSA) is 18.5 Å². The lowest BCUT2D eigenvalue weighted by Gasteiger charge is -2.32. The maximum absolute atomic E-state index is 13.4. The van der Waals surface area contributed by atoms with Gasteiger partial charge in [-0.1, -0.05) is 0 Å². The Labute approximate surface area is 111 Å². The molecule has 1 aromatic rings. The van der Waals surface area contributed by atoms with Gasteiger partial charge >= 0.3 is 0 Å². The number of rotatable bonds is 4. The third kappa shape index (κ3) is 3.61. The van der Waals surface area contributed by atoms with Gasteiger partial charge in [0.15, 0.2) is 17.5 Å². The van der Waals surface area contributed by atoms with Gasteiger partial charge < -0.3 is 10.2 Å². The van der Waals surface area contributed by atoms with E-state index in [9.17, 15) is 13.2 Å². The molecule has 1 aliphatic rings. The van der Waals surface area contributed by atoms with Crippen molar-refractivity contribution < 1.29 is 13.2 Å². The second-order valence-electron chi connectivity index (χ2n) is 4.79. The van der Waals surface area contributed by atoms with Crippen LogP contribution in [0, 0.1) is 17.5 Å². The quantitative estimate of drug-likeness (QED) is 0.843. The van der Waals surface area contributed by atoms with Crippen molar-refractivity contribution in [1.29, 1.82) is 0 Å². The third-order valence-corrected chi connectivity index (χ3v) is 3.37. The number of anilines is 1. The van der Waals surface area contributed by atoms with E-state index in [1.807, 2.05) is 0 Å². The van der Waals surface area contributed by atoms with Crippen LogP contribution in [0.2, 0.25) is 0 Å². The van der Waals surface area contributed by atoms with Gasteiger partial charge in [-0.3, -0.25) is 4.90 Å². The lowest BCUT2D eigenvalue weighted by molar-refractivity contribution is 0.158. The molecule has 1 heterocycles. The van der Waals surface area contributed by atoms with Crippen molar-refractivity contribution in [2.24, 2.45) is 0 Å². The third-order valence-electron chi connectivity index (χ3n) is 3.37. The zero-order valence-electron chi connectivity index (χ0n) is 10.9. The van der Waals surface area contributed by atoms with Crippen LogP contribution in [0.5, 0.6) is 0 Å². The van der Waals surface area contributed by atoms with Gasteiger partial charge in [0.25, 0.3) is 0 Å². The first-order chi connectivity index (χ1) is 9.08. The Morgan fingerprint density at radius 2 is 1.74 bits per heavy atom. The normalized spacial score (nSPS) is 17.7. The number of halogens is 3. The summed E-state index contributed by atoms with van der Waals surface area (Å²) in [4.78, 5) is 4.50. The first-order valence-corrected chi connectivity index (χ1v) is 6.36. The fraction of sp³-hybridized carbons (Fsp3) is 0.538. The summed E-state index contributed by atoms with van der Waals surface area (Å²) in [5, 5.41) is 2.80. The number of hydrogen-bond donors (Lipinski definition) is 1. The van der Waals surface area contributed by atoms with E-state index in [1.165, 1.54) is 6.07 Å². The first kappa shape index (κ1) is 14.1. The number of nitrogens with one attached hydrogen (secondary N) is 1. The van der Waals surface area contributed by atoms with Crippen LogP contribution in [0.3, 0.4) is 0 Å². The molecular formula is C13H18F3N3. The molecular weight excluding hydrogens is 255 g/mol. The number of hydrogen-bond acceptors (Lipinski definition) is 3. The van der Waals surface area contributed by atoms with Crippen molar-refractivity contribution in [2.45, 2.75) is 0 Å². The van der Waals surface area contributed by atoms with E-state index >= 15 is 0 Å². The highest BCUT2D eigenvalue weighted by Crippen LogP contribution is 2.19. The van der Waals surface area contributed by atoms with E-state index in [0.29, 0.717) is 6.54 Å². The van der Waals surface area contributed by atoms with Gasteiger partial charge in [0, 0.05) is 39.3 Å². The molecule has 19 heavy (non-hydrogen) atoms. The van der Waals surface area contributed by atoms with Gasteiger partial charge in [-0.2, -0.15) is 0 Å². The highest BCUT2D eigenvalue weighted by atomic mass is 19.2. The van der Waals surface area contributed by atoms with Crippen LogP contribution in [0.4, 0.5) is 18.9 Å². The number of benzene rings is 1. The Kier molecular flexibility index (Phi) is 4.66. The summed E-state index contributed by atoms with van der Waals surface area (Å²) in [6, 6.07) is 2.15. The van der Waals surface area contributed by atoms with Crippen LogP contribution in [-0.2, 0) is 0 Å². The molecule has 0 atom stereocenters. The minimum Gasteiger partial charge on any atom is -0.381 e. The van der Waals surface area contributed by atoms with Crippen molar-refractivity contribution in [2.75, 3.05) is 51.6 Å². The number of likely N-dealkylation sites (N-methyl/N-ethyl adjacent to an activating group) is 1. The Bertz CT molecular complexity index is 431. The van der Waals surface area contributed by atoms with Gasteiger partial charge in [-0.25, -0.2) is 13.2 Å². The van der Waals surface area contributed by atoms with Crippen LogP contribution < -0.4 is 5.32 Å². The van der Waals surface area contributed by atoms with E-state index < -0.39 is 17.5 Å². The smallest absolute Gasteiger partial charge is 0.196 e. The summed E-state index contributed by atoms with van der Waals surface area (Å²) in [7, 11) is 2.08. The molecule has 0 aliphatic carbocycles. The van der Waals surface area contributed by atoms with E-state index in [0.717, 1.165) is 38.8 Å². The minimum absolute atomic E-state index is 0.00743. The van der Waals surface area contributed by atoms with Crippen LogP contribution >= 0.6 is 0 Å². The predicted molar refractivity (Wildman–Crippen MR) is 68.7 cm³/mol. The highest BCUT2D eigenvalue weighted by Gasteiger charge is 2.15. The predicted octanol–water partition coefficient (Wildman–Crippen LogP) is 1.76. The molecule has 1 aromatic carbocycles. The number of nitrogens with zero attached hydrogens (tertiary/aromatic N) is 2. The monoisotopic (exact) mass is 273 g/mol. The average Bonchev–Trinajstić information content (AvgIpc) is 2.41. The highest BCUT2D eigenvalue weighted by molar-refractivity contribution is 5.45. The summed E-state index contributed by atoms with van der Waals surface area (Å²) in [5.74, 6) is -3.75. The lowest BCUT2D eigenvalue weighted by Crippen LogP contribution is -2.45. The van der Waals surface area contributed by atoms with Gasteiger partial charge in [-0.15, -0.1) is 0 Å². The van der Waals surface area contributed by atoms with Crippen molar-refractivity contribution in [1.82, 2.24) is 9.80 Å². The molecule has 1 saturated heterocycles. The van der Waals surface area contributed by atoms with Crippen molar-refractivity contribution in [3.8, 4) is 0 Å². The largest absolute Gasteiger partial charge is 0.381 e. The Morgan fingerprint density at radius 1 is 1.05 bits per heavy atom. The summed E-state index contributed by atoms with van der Waals surface area (Å²) in [5.41, 5.74) is 0.00743. The molecule has 2 rings (SSSR count). The summed E-state index contributed by atoms with van der Waals surface area (Å²) >= 11 is 0. The minimum atomic E-state index is -1.43. The second kappa shape index (κ2) is 6.25. The van der Waals surface area contributed by atoms with Crippen LogP contribution in [0.25, 0.3) is 0 Å². The van der Waals surface area contributed by atoms with Crippen molar-refractivity contribution in [3.63, 3.8) is 0 Å². The lowest BCUT2D eigenvalue weighted by atomic mass is 10.2. The standard InChI is InChI=1S/C13H18F3N3/c1-18-6-8-19(9-7-18)5-4-17-11-3-2-10(14)12(15)13(11)16/h2-3,17H,4-9H2,1H3. The summed E-state index contributed by atoms with van der Waals surface area (Å²) < 4.78 is 39.1. The van der Waals surface area contributed by atoms with Gasteiger partial charge in [0.05, 0.1) is 5.69 Å². The maximum Gasteiger partial charge on any atom is 0.196 e. The molecule has 3 nitrogen and oxygen atoms in total. The molecule has 0 spiro atoms.